The smallest absolute Gasteiger partial charge is 0.305 e. The molecule has 3 N–H and O–H groups in total. The number of carbonyl (C=O) groups is 2. The number of aliphatic hydroxyl groups is 2. The van der Waals surface area contributed by atoms with Crippen LogP contribution in [0.5, 0.6) is 0 Å². The van der Waals surface area contributed by atoms with Gasteiger partial charge in [0.25, 0.3) is 0 Å². The summed E-state index contributed by atoms with van der Waals surface area (Å²) in [7, 11) is 0. The number of hydrogen-bond donors (Lipinski definition) is 3. The van der Waals surface area contributed by atoms with Crippen LogP contribution < -0.4 is 5.32 Å². The van der Waals surface area contributed by atoms with Crippen LogP contribution in [0, 0.1) is 0 Å². The van der Waals surface area contributed by atoms with Crippen LogP contribution in [0.2, 0.25) is 0 Å². The van der Waals surface area contributed by atoms with Crippen molar-refractivity contribution in [2.24, 2.45) is 0 Å². The SMILES string of the molecule is CCCC/C=C\C/C=C\CCCCCCCC(=O)OCCCCCCCCCCCCCCCCCCCCCCCCCCCCCCCCCCCCCC(=O)NC(CO)C(O)/C=C/CCCCCCCCCCCCCCCC. The second-order valence-corrected chi connectivity index (χ2v) is 25.6. The Balaban J connectivity index is 3.32. The number of hydrogen-bond acceptors (Lipinski definition) is 5. The normalized spacial score (nSPS) is 12.7. The molecule has 0 saturated heterocycles. The molecule has 6 nitrogen and oxygen atoms in total. The Kier molecular flexibility index (Phi) is 69.9. The van der Waals surface area contributed by atoms with Gasteiger partial charge in [-0.1, -0.05) is 378 Å². The molecule has 0 fully saturated rings. The molecule has 82 heavy (non-hydrogen) atoms. The monoisotopic (exact) mass is 1150 g/mol. The first-order valence-corrected chi connectivity index (χ1v) is 37.3. The molecule has 0 aromatic carbocycles. The predicted molar refractivity (Wildman–Crippen MR) is 361 cm³/mol. The summed E-state index contributed by atoms with van der Waals surface area (Å²) < 4.78 is 5.49. The summed E-state index contributed by atoms with van der Waals surface area (Å²) in [5, 5.41) is 23.2. The Labute approximate surface area is 513 Å². The molecule has 0 aliphatic carbocycles. The van der Waals surface area contributed by atoms with Crippen LogP contribution >= 0.6 is 0 Å². The molecule has 0 heterocycles. The molecule has 0 bridgehead atoms. The summed E-state index contributed by atoms with van der Waals surface area (Å²) in [6.07, 6.45) is 92.5. The Morgan fingerprint density at radius 1 is 0.341 bits per heavy atom. The minimum atomic E-state index is -0.841. The zero-order valence-corrected chi connectivity index (χ0v) is 55.5. The minimum absolute atomic E-state index is 0.00803. The topological polar surface area (TPSA) is 95.9 Å². The van der Waals surface area contributed by atoms with Crippen molar-refractivity contribution in [3.05, 3.63) is 36.5 Å². The van der Waals surface area contributed by atoms with Gasteiger partial charge in [-0.05, 0) is 57.8 Å². The lowest BCUT2D eigenvalue weighted by Gasteiger charge is -2.20. The third-order valence-electron chi connectivity index (χ3n) is 17.4. The maximum absolute atomic E-state index is 12.5. The molecule has 2 unspecified atom stereocenters. The van der Waals surface area contributed by atoms with Gasteiger partial charge in [0.1, 0.15) is 0 Å². The zero-order chi connectivity index (χ0) is 59.2. The molecular weight excluding hydrogens is 1010 g/mol. The summed E-state index contributed by atoms with van der Waals surface area (Å²) in [5.41, 5.74) is 0. The predicted octanol–water partition coefficient (Wildman–Crippen LogP) is 24.3. The van der Waals surface area contributed by atoms with Gasteiger partial charge in [0, 0.05) is 12.8 Å². The summed E-state index contributed by atoms with van der Waals surface area (Å²) in [4.78, 5) is 24.6. The minimum Gasteiger partial charge on any atom is -0.466 e. The van der Waals surface area contributed by atoms with Gasteiger partial charge in [-0.2, -0.15) is 0 Å². The zero-order valence-electron chi connectivity index (χ0n) is 55.5. The lowest BCUT2D eigenvalue weighted by Crippen LogP contribution is -2.45. The van der Waals surface area contributed by atoms with Crippen molar-refractivity contribution in [3.63, 3.8) is 0 Å². The van der Waals surface area contributed by atoms with Crippen LogP contribution in [0.4, 0.5) is 0 Å². The number of unbranched alkanes of at least 4 members (excludes halogenated alkanes) is 55. The molecular formula is C76H145NO5. The van der Waals surface area contributed by atoms with Gasteiger partial charge >= 0.3 is 5.97 Å². The number of esters is 1. The van der Waals surface area contributed by atoms with E-state index in [0.717, 1.165) is 51.4 Å². The third-order valence-corrected chi connectivity index (χ3v) is 17.4. The fraction of sp³-hybridized carbons (Fsp3) is 0.895. The largest absolute Gasteiger partial charge is 0.466 e. The van der Waals surface area contributed by atoms with Crippen LogP contribution in [-0.2, 0) is 14.3 Å². The van der Waals surface area contributed by atoms with E-state index in [0.29, 0.717) is 19.4 Å². The standard InChI is InChI=1S/C76H145NO5/c1-3-5-7-9-11-13-15-17-19-41-44-48-52-56-60-64-68-74(79)73(72-78)77-75(80)69-65-61-57-53-49-45-42-39-37-35-33-31-29-27-25-23-21-20-22-24-26-28-30-32-34-36-38-40-43-47-51-55-59-63-67-71-82-76(81)70-66-62-58-54-50-46-18-16-14-12-10-8-6-4-2/h10,12,16,18,64,68,73-74,78-79H,3-9,11,13-15,17,19-63,65-67,69-72H2,1-2H3,(H,77,80)/b12-10-,18-16-,68-64+. The highest BCUT2D eigenvalue weighted by Crippen LogP contribution is 2.19. The van der Waals surface area contributed by atoms with Crippen molar-refractivity contribution in [2.45, 2.75) is 424 Å². The first-order valence-electron chi connectivity index (χ1n) is 37.3. The van der Waals surface area contributed by atoms with Crippen molar-refractivity contribution < 1.29 is 24.5 Å². The Morgan fingerprint density at radius 3 is 0.963 bits per heavy atom. The molecule has 0 aliphatic rings. The maximum atomic E-state index is 12.5. The van der Waals surface area contributed by atoms with E-state index in [2.05, 4.69) is 43.5 Å². The van der Waals surface area contributed by atoms with Crippen LogP contribution in [0.15, 0.2) is 36.5 Å². The second-order valence-electron chi connectivity index (χ2n) is 25.6. The van der Waals surface area contributed by atoms with Gasteiger partial charge in [-0.15, -0.1) is 0 Å². The average Bonchev–Trinajstić information content (AvgIpc) is 3.48. The molecule has 0 radical (unpaired) electrons. The number of amides is 1. The van der Waals surface area contributed by atoms with Crippen molar-refractivity contribution in [1.82, 2.24) is 5.32 Å². The highest BCUT2D eigenvalue weighted by molar-refractivity contribution is 5.76. The molecule has 0 aromatic rings. The van der Waals surface area contributed by atoms with Crippen LogP contribution in [0.25, 0.3) is 0 Å². The summed E-state index contributed by atoms with van der Waals surface area (Å²) in [6.45, 7) is 4.89. The quantitative estimate of drug-likeness (QED) is 0.0320. The van der Waals surface area contributed by atoms with E-state index >= 15 is 0 Å². The molecule has 0 aromatic heterocycles. The summed E-state index contributed by atoms with van der Waals surface area (Å²) in [6, 6.07) is -0.624. The number of nitrogens with one attached hydrogen (secondary N) is 1. The number of rotatable bonds is 70. The van der Waals surface area contributed by atoms with Crippen molar-refractivity contribution in [2.75, 3.05) is 13.2 Å². The Bertz CT molecular complexity index is 1330. The second kappa shape index (κ2) is 71.6. The fourth-order valence-corrected chi connectivity index (χ4v) is 11.7. The van der Waals surface area contributed by atoms with E-state index in [1.165, 1.54) is 334 Å². The van der Waals surface area contributed by atoms with Gasteiger partial charge < -0.3 is 20.3 Å². The molecule has 0 spiro atoms. The molecule has 0 rings (SSSR count). The molecule has 2 atom stereocenters. The Hall–Kier alpha value is -1.92. The van der Waals surface area contributed by atoms with E-state index in [4.69, 9.17) is 4.74 Å². The summed E-state index contributed by atoms with van der Waals surface area (Å²) >= 11 is 0. The number of aliphatic hydroxyl groups excluding tert-OH is 2. The molecule has 6 heteroatoms. The van der Waals surface area contributed by atoms with Gasteiger partial charge in [0.15, 0.2) is 0 Å². The highest BCUT2D eigenvalue weighted by atomic mass is 16.5. The van der Waals surface area contributed by atoms with Gasteiger partial charge in [0.2, 0.25) is 5.91 Å². The van der Waals surface area contributed by atoms with Gasteiger partial charge in [-0.25, -0.2) is 0 Å². The molecule has 1 amide bonds. The first-order chi connectivity index (χ1) is 40.5. The van der Waals surface area contributed by atoms with E-state index in [-0.39, 0.29) is 18.5 Å². The van der Waals surface area contributed by atoms with E-state index in [9.17, 15) is 19.8 Å². The van der Waals surface area contributed by atoms with Crippen molar-refractivity contribution in [1.29, 1.82) is 0 Å². The maximum Gasteiger partial charge on any atom is 0.305 e. The lowest BCUT2D eigenvalue weighted by atomic mass is 10.0. The average molecular weight is 1150 g/mol. The van der Waals surface area contributed by atoms with Crippen molar-refractivity contribution in [3.8, 4) is 0 Å². The fourth-order valence-electron chi connectivity index (χ4n) is 11.7. The number of allylic oxidation sites excluding steroid dienone is 5. The van der Waals surface area contributed by atoms with Gasteiger partial charge in [0.05, 0.1) is 25.4 Å². The van der Waals surface area contributed by atoms with E-state index in [1.807, 2.05) is 6.08 Å². The van der Waals surface area contributed by atoms with Crippen LogP contribution in [0.1, 0.15) is 412 Å². The van der Waals surface area contributed by atoms with Crippen LogP contribution in [0.3, 0.4) is 0 Å². The Morgan fingerprint density at radius 2 is 0.622 bits per heavy atom. The number of ether oxygens (including phenoxy) is 1. The first kappa shape index (κ1) is 80.1. The highest BCUT2D eigenvalue weighted by Gasteiger charge is 2.18. The van der Waals surface area contributed by atoms with E-state index < -0.39 is 12.1 Å². The number of carbonyl (C=O) groups excluding carboxylic acids is 2. The van der Waals surface area contributed by atoms with Crippen molar-refractivity contribution >= 4 is 11.9 Å². The molecule has 0 aliphatic heterocycles. The molecule has 484 valence electrons. The van der Waals surface area contributed by atoms with Crippen LogP contribution in [-0.4, -0.2) is 47.4 Å². The lowest BCUT2D eigenvalue weighted by molar-refractivity contribution is -0.143. The summed E-state index contributed by atoms with van der Waals surface area (Å²) in [5.74, 6) is -0.0518. The third kappa shape index (κ3) is 67.2. The molecule has 0 saturated carbocycles. The van der Waals surface area contributed by atoms with E-state index in [1.54, 1.807) is 6.08 Å². The van der Waals surface area contributed by atoms with Gasteiger partial charge in [-0.3, -0.25) is 9.59 Å².